The van der Waals surface area contributed by atoms with E-state index in [1.54, 1.807) is 6.92 Å². The van der Waals surface area contributed by atoms with Crippen molar-refractivity contribution >= 4 is 43.9 Å². The Kier molecular flexibility index (Phi) is 8.35. The monoisotopic (exact) mass is 675 g/mol. The lowest BCUT2D eigenvalue weighted by atomic mass is 10.1. The maximum absolute atomic E-state index is 13.1. The number of nitrogens with zero attached hydrogens (tertiary/aromatic N) is 7. The fraction of sp³-hybridized carbons (Fsp3) is 0.524. The lowest BCUT2D eigenvalue weighted by Gasteiger charge is -2.24. The summed E-state index contributed by atoms with van der Waals surface area (Å²) in [7, 11) is -10.1. The minimum Gasteiger partial charge on any atom is -0.388 e. The van der Waals surface area contributed by atoms with Crippen LogP contribution in [0.4, 0.5) is 5.95 Å². The molecule has 2 saturated heterocycles. The van der Waals surface area contributed by atoms with E-state index in [1.807, 2.05) is 0 Å². The topological polar surface area (TPSA) is 315 Å². The Hall–Kier alpha value is -3.24. The molecule has 0 aromatic carbocycles. The Morgan fingerprint density at radius 3 is 2.44 bits per heavy atom. The van der Waals surface area contributed by atoms with Gasteiger partial charge in [-0.2, -0.15) is 4.98 Å². The van der Waals surface area contributed by atoms with Gasteiger partial charge in [0.15, 0.2) is 29.3 Å². The first-order chi connectivity index (χ1) is 21.2. The number of H-pyrrole nitrogens is 1. The Labute approximate surface area is 250 Å². The number of anilines is 1. The average Bonchev–Trinajstić information content (AvgIpc) is 3.72. The summed E-state index contributed by atoms with van der Waals surface area (Å²) < 4.78 is 53.4. The molecule has 2 fully saturated rings. The minimum atomic E-state index is -5.06. The van der Waals surface area contributed by atoms with Crippen LogP contribution in [-0.2, 0) is 32.2 Å². The molecule has 0 bridgehead atoms. The number of aliphatic hydroxyl groups excluding tert-OH is 2. The predicted molar refractivity (Wildman–Crippen MR) is 146 cm³/mol. The molecule has 0 saturated carbocycles. The molecule has 0 radical (unpaired) electrons. The second-order valence-electron chi connectivity index (χ2n) is 10.2. The third-order valence-electron chi connectivity index (χ3n) is 7.10. The summed E-state index contributed by atoms with van der Waals surface area (Å²) in [4.78, 5) is 63.8. The number of nitrogens with one attached hydrogen (secondary N) is 1. The molecule has 0 spiro atoms. The van der Waals surface area contributed by atoms with Gasteiger partial charge < -0.3 is 40.1 Å². The van der Waals surface area contributed by atoms with Gasteiger partial charge in [0.25, 0.3) is 5.56 Å². The molecule has 0 amide bonds. The van der Waals surface area contributed by atoms with E-state index in [4.69, 9.17) is 34.0 Å². The van der Waals surface area contributed by atoms with Gasteiger partial charge in [-0.05, 0) is 6.92 Å². The van der Waals surface area contributed by atoms with E-state index in [2.05, 4.69) is 34.4 Å². The van der Waals surface area contributed by atoms with Crippen molar-refractivity contribution < 1.29 is 57.1 Å². The van der Waals surface area contributed by atoms with Crippen molar-refractivity contribution in [3.8, 4) is 0 Å². The van der Waals surface area contributed by atoms with Crippen LogP contribution in [0.5, 0.6) is 0 Å². The Balaban J connectivity index is 1.19. The van der Waals surface area contributed by atoms with Crippen LogP contribution in [0.15, 0.2) is 23.8 Å². The fourth-order valence-corrected chi connectivity index (χ4v) is 6.39. The highest BCUT2D eigenvalue weighted by Crippen LogP contribution is 2.50. The molecule has 2 aliphatic heterocycles. The van der Waals surface area contributed by atoms with E-state index in [1.165, 1.54) is 17.2 Å². The molecule has 45 heavy (non-hydrogen) atoms. The number of fused-ring (bicyclic) bond motifs is 2. The van der Waals surface area contributed by atoms with E-state index in [0.717, 1.165) is 10.9 Å². The van der Waals surface area contributed by atoms with Crippen LogP contribution in [-0.4, -0.2) is 108 Å². The summed E-state index contributed by atoms with van der Waals surface area (Å²) in [5.41, 5.74) is 6.11. The van der Waals surface area contributed by atoms with Crippen molar-refractivity contribution in [3.05, 3.63) is 35.0 Å². The van der Waals surface area contributed by atoms with Gasteiger partial charge in [0.1, 0.15) is 36.3 Å². The minimum absolute atomic E-state index is 0.00333. The molecule has 6 heterocycles. The van der Waals surface area contributed by atoms with Gasteiger partial charge in [0, 0.05) is 6.42 Å². The standard InChI is InChI=1S/C21H27N9O13P2/c1-8-12-16(24-5-23-8)29(6-25-12)19-10(31)2-9(41-19)3-40-45(37,38)43-15-14(32)11(4-39-44(34,35)36)42-20(15)30-7-26-13-17(30)27-21(22)28-18(13)33/h5-7,9-11,14-15,19-20,31-32H,2-4H2,1H3,(H,37,38)(H2,34,35,36)(H3,22,27,28,33)/t9-,10+,11+,14+,15+,19+,20+/m0/s1. The van der Waals surface area contributed by atoms with Crippen LogP contribution in [0, 0.1) is 6.92 Å². The zero-order valence-electron chi connectivity index (χ0n) is 23.0. The molecule has 22 nitrogen and oxygen atoms in total. The van der Waals surface area contributed by atoms with Crippen molar-refractivity contribution in [1.29, 1.82) is 0 Å². The first-order valence-corrected chi connectivity index (χ1v) is 16.1. The van der Waals surface area contributed by atoms with E-state index < -0.39 is 77.4 Å². The normalized spacial score (nSPS) is 28.7. The number of ether oxygens (including phenoxy) is 2. The molecule has 0 aliphatic carbocycles. The summed E-state index contributed by atoms with van der Waals surface area (Å²) in [5.74, 6) is -0.300. The molecule has 24 heteroatoms. The van der Waals surface area contributed by atoms with Crippen molar-refractivity contribution in [3.63, 3.8) is 0 Å². The molecule has 1 unspecified atom stereocenters. The van der Waals surface area contributed by atoms with E-state index in [9.17, 15) is 29.0 Å². The molecule has 8 atom stereocenters. The number of rotatable bonds is 10. The van der Waals surface area contributed by atoms with E-state index in [-0.39, 0.29) is 23.5 Å². The highest BCUT2D eigenvalue weighted by Gasteiger charge is 2.50. The maximum atomic E-state index is 13.1. The highest BCUT2D eigenvalue weighted by molar-refractivity contribution is 7.47. The summed E-state index contributed by atoms with van der Waals surface area (Å²) in [6.45, 7) is 0.347. The second-order valence-corrected chi connectivity index (χ2v) is 12.8. The van der Waals surface area contributed by atoms with Gasteiger partial charge in [-0.1, -0.05) is 0 Å². The molecule has 4 aromatic rings. The molecular weight excluding hydrogens is 648 g/mol. The number of aromatic amines is 1. The number of aliphatic hydroxyl groups is 2. The summed E-state index contributed by atoms with van der Waals surface area (Å²) >= 11 is 0. The van der Waals surface area contributed by atoms with Gasteiger partial charge in [0.2, 0.25) is 5.95 Å². The van der Waals surface area contributed by atoms with Crippen molar-refractivity contribution in [2.75, 3.05) is 18.9 Å². The lowest BCUT2D eigenvalue weighted by molar-refractivity contribution is -0.0587. The SMILES string of the molecule is Cc1ncnc2c1ncn2[C@@H]1O[C@H](COP(=O)(O)O[C@@H]2[C@H](O)[C@@H](COP(=O)(O)O)O[C@H]2n2cnc3c(=O)[nH]c(N)nc32)C[C@H]1O. The van der Waals surface area contributed by atoms with Crippen LogP contribution in [0.1, 0.15) is 24.6 Å². The number of hydrogen-bond acceptors (Lipinski definition) is 16. The van der Waals surface area contributed by atoms with Gasteiger partial charge in [-0.15, -0.1) is 0 Å². The third kappa shape index (κ3) is 6.41. The number of hydrogen-bond donors (Lipinski definition) is 7. The predicted octanol–water partition coefficient (Wildman–Crippen LogP) is -1.63. The average molecular weight is 675 g/mol. The van der Waals surface area contributed by atoms with Gasteiger partial charge >= 0.3 is 15.6 Å². The van der Waals surface area contributed by atoms with Crippen LogP contribution in [0.2, 0.25) is 0 Å². The van der Waals surface area contributed by atoms with Crippen LogP contribution >= 0.6 is 15.6 Å². The number of nitrogens with two attached hydrogens (primary N) is 1. The van der Waals surface area contributed by atoms with Crippen LogP contribution < -0.4 is 11.3 Å². The third-order valence-corrected chi connectivity index (χ3v) is 8.57. The molecule has 2 aliphatic rings. The first-order valence-electron chi connectivity index (χ1n) is 13.1. The Bertz CT molecular complexity index is 1880. The van der Waals surface area contributed by atoms with Crippen LogP contribution in [0.25, 0.3) is 22.3 Å². The van der Waals surface area contributed by atoms with Crippen molar-refractivity contribution in [1.82, 2.24) is 39.0 Å². The van der Waals surface area contributed by atoms with Gasteiger partial charge in [-0.25, -0.2) is 29.1 Å². The lowest BCUT2D eigenvalue weighted by Crippen LogP contribution is -2.35. The smallest absolute Gasteiger partial charge is 0.388 e. The molecule has 8 N–H and O–H groups in total. The number of phosphoric acid groups is 2. The van der Waals surface area contributed by atoms with Crippen molar-refractivity contribution in [2.24, 2.45) is 0 Å². The number of phosphoric ester groups is 2. The van der Waals surface area contributed by atoms with Crippen molar-refractivity contribution in [2.45, 2.75) is 56.3 Å². The number of nitrogen functional groups attached to an aromatic ring is 1. The molecule has 6 rings (SSSR count). The summed E-state index contributed by atoms with van der Waals surface area (Å²) in [5, 5.41) is 21.6. The van der Waals surface area contributed by atoms with Gasteiger partial charge in [-0.3, -0.25) is 32.5 Å². The molecular formula is C21H27N9O13P2. The zero-order chi connectivity index (χ0) is 32.3. The second kappa shape index (κ2) is 11.8. The largest absolute Gasteiger partial charge is 0.472 e. The van der Waals surface area contributed by atoms with E-state index >= 15 is 0 Å². The zero-order valence-corrected chi connectivity index (χ0v) is 24.8. The van der Waals surface area contributed by atoms with E-state index in [0.29, 0.717) is 16.9 Å². The Morgan fingerprint density at radius 2 is 1.71 bits per heavy atom. The molecule has 244 valence electrons. The maximum Gasteiger partial charge on any atom is 0.472 e. The first kappa shape index (κ1) is 31.7. The van der Waals surface area contributed by atoms with Crippen LogP contribution in [0.3, 0.4) is 0 Å². The molecule has 4 aromatic heterocycles. The Morgan fingerprint density at radius 1 is 1.00 bits per heavy atom. The highest BCUT2D eigenvalue weighted by atomic mass is 31.2. The number of aryl methyl sites for hydroxylation is 1. The number of aromatic nitrogens is 8. The fourth-order valence-electron chi connectivity index (χ4n) is 5.10. The summed E-state index contributed by atoms with van der Waals surface area (Å²) in [6, 6.07) is 0. The quantitative estimate of drug-likeness (QED) is 0.0927. The van der Waals surface area contributed by atoms with Gasteiger partial charge in [0.05, 0.1) is 37.7 Å². The number of imidazole rings is 2. The summed E-state index contributed by atoms with van der Waals surface area (Å²) in [6.07, 6.45) is -5.70.